The molecule has 88 valence electrons. The van der Waals surface area contributed by atoms with Crippen LogP contribution >= 0.6 is 0 Å². The van der Waals surface area contributed by atoms with Crippen LogP contribution in [0, 0.1) is 5.92 Å². The molecule has 1 saturated heterocycles. The summed E-state index contributed by atoms with van der Waals surface area (Å²) < 4.78 is 4.80. The van der Waals surface area contributed by atoms with E-state index in [0.29, 0.717) is 0 Å². The molecule has 15 heavy (non-hydrogen) atoms. The summed E-state index contributed by atoms with van der Waals surface area (Å²) in [6, 6.07) is 0. The molecule has 0 radical (unpaired) electrons. The average molecular weight is 213 g/mol. The van der Waals surface area contributed by atoms with Gasteiger partial charge in [0.2, 0.25) is 0 Å². The van der Waals surface area contributed by atoms with E-state index in [9.17, 15) is 4.79 Å². The van der Waals surface area contributed by atoms with Crippen molar-refractivity contribution >= 4 is 5.97 Å². The normalized spacial score (nSPS) is 22.7. The fourth-order valence-corrected chi connectivity index (χ4v) is 2.20. The van der Waals surface area contributed by atoms with Gasteiger partial charge in [-0.15, -0.1) is 0 Å². The van der Waals surface area contributed by atoms with Crippen molar-refractivity contribution in [3.63, 3.8) is 0 Å². The van der Waals surface area contributed by atoms with Crippen LogP contribution in [-0.2, 0) is 9.53 Å². The monoisotopic (exact) mass is 213 g/mol. The Hall–Kier alpha value is -0.570. The van der Waals surface area contributed by atoms with E-state index in [2.05, 4.69) is 11.8 Å². The smallest absolute Gasteiger partial charge is 0.309 e. The van der Waals surface area contributed by atoms with Crippen LogP contribution < -0.4 is 0 Å². The van der Waals surface area contributed by atoms with E-state index < -0.39 is 0 Å². The molecule has 3 heteroatoms. The summed E-state index contributed by atoms with van der Waals surface area (Å²) in [4.78, 5) is 13.8. The van der Waals surface area contributed by atoms with Gasteiger partial charge in [0.05, 0.1) is 13.0 Å². The molecule has 1 rings (SSSR count). The van der Waals surface area contributed by atoms with Crippen molar-refractivity contribution < 1.29 is 9.53 Å². The molecule has 0 saturated carbocycles. The lowest BCUT2D eigenvalue weighted by Gasteiger charge is -2.31. The van der Waals surface area contributed by atoms with Crippen molar-refractivity contribution in [2.75, 3.05) is 26.7 Å². The SMILES string of the molecule is CCCCCN1CCC[C@H](C(=O)OC)C1. The summed E-state index contributed by atoms with van der Waals surface area (Å²) in [5.74, 6) is 0.0839. The van der Waals surface area contributed by atoms with Gasteiger partial charge in [0.25, 0.3) is 0 Å². The maximum absolute atomic E-state index is 11.4. The Bertz CT molecular complexity index is 194. The minimum Gasteiger partial charge on any atom is -0.469 e. The second-order valence-corrected chi connectivity index (χ2v) is 4.37. The standard InChI is InChI=1S/C12H23NO2/c1-3-4-5-8-13-9-6-7-11(10-13)12(14)15-2/h11H,3-10H2,1-2H3/t11-/m0/s1. The lowest BCUT2D eigenvalue weighted by molar-refractivity contribution is -0.147. The number of methoxy groups -OCH3 is 1. The highest BCUT2D eigenvalue weighted by molar-refractivity contribution is 5.72. The number of unbranched alkanes of at least 4 members (excludes halogenated alkanes) is 2. The number of piperidine rings is 1. The van der Waals surface area contributed by atoms with Gasteiger partial charge in [-0.1, -0.05) is 19.8 Å². The molecule has 0 aromatic heterocycles. The molecule has 1 aliphatic heterocycles. The Morgan fingerprint density at radius 3 is 2.93 bits per heavy atom. The average Bonchev–Trinajstić information content (AvgIpc) is 2.29. The predicted molar refractivity (Wildman–Crippen MR) is 60.7 cm³/mol. The minimum absolute atomic E-state index is 0.0322. The van der Waals surface area contributed by atoms with Crippen molar-refractivity contribution in [1.82, 2.24) is 4.90 Å². The summed E-state index contributed by atoms with van der Waals surface area (Å²) >= 11 is 0. The van der Waals surface area contributed by atoms with E-state index in [1.165, 1.54) is 26.4 Å². The maximum Gasteiger partial charge on any atom is 0.309 e. The zero-order valence-corrected chi connectivity index (χ0v) is 10.00. The van der Waals surface area contributed by atoms with E-state index in [1.54, 1.807) is 0 Å². The number of carbonyl (C=O) groups is 1. The molecule has 0 bridgehead atoms. The predicted octanol–water partition coefficient (Wildman–Crippen LogP) is 2.06. The van der Waals surface area contributed by atoms with Crippen LogP contribution in [0.25, 0.3) is 0 Å². The van der Waals surface area contributed by atoms with Gasteiger partial charge < -0.3 is 9.64 Å². The number of nitrogens with zero attached hydrogens (tertiary/aromatic N) is 1. The molecule has 0 aromatic rings. The van der Waals surface area contributed by atoms with Gasteiger partial charge in [0, 0.05) is 6.54 Å². The highest BCUT2D eigenvalue weighted by Gasteiger charge is 2.25. The molecule has 3 nitrogen and oxygen atoms in total. The quantitative estimate of drug-likeness (QED) is 0.517. The molecular formula is C12H23NO2. The number of hydrogen-bond acceptors (Lipinski definition) is 3. The number of likely N-dealkylation sites (tertiary alicyclic amines) is 1. The summed E-state index contributed by atoms with van der Waals surface area (Å²) in [5.41, 5.74) is 0. The fraction of sp³-hybridized carbons (Fsp3) is 0.917. The first-order chi connectivity index (χ1) is 7.27. The van der Waals surface area contributed by atoms with Crippen LogP contribution in [-0.4, -0.2) is 37.6 Å². The lowest BCUT2D eigenvalue weighted by atomic mass is 9.98. The molecule has 1 atom stereocenters. The molecule has 0 aliphatic carbocycles. The molecule has 1 fully saturated rings. The third-order valence-corrected chi connectivity index (χ3v) is 3.12. The van der Waals surface area contributed by atoms with E-state index >= 15 is 0 Å². The zero-order valence-electron chi connectivity index (χ0n) is 10.00. The van der Waals surface area contributed by atoms with Crippen molar-refractivity contribution in [3.8, 4) is 0 Å². The number of esters is 1. The summed E-state index contributed by atoms with van der Waals surface area (Å²) in [5, 5.41) is 0. The highest BCUT2D eigenvalue weighted by Crippen LogP contribution is 2.18. The number of rotatable bonds is 5. The van der Waals surface area contributed by atoms with Crippen molar-refractivity contribution in [2.24, 2.45) is 5.92 Å². The van der Waals surface area contributed by atoms with Crippen LogP contribution in [0.1, 0.15) is 39.0 Å². The van der Waals surface area contributed by atoms with Gasteiger partial charge in [0.15, 0.2) is 0 Å². The molecule has 0 aromatic carbocycles. The topological polar surface area (TPSA) is 29.5 Å². The van der Waals surface area contributed by atoms with Gasteiger partial charge in [-0.05, 0) is 32.4 Å². The Labute approximate surface area is 92.8 Å². The van der Waals surface area contributed by atoms with Gasteiger partial charge >= 0.3 is 5.97 Å². The summed E-state index contributed by atoms with van der Waals surface area (Å²) in [6.07, 6.45) is 5.93. The number of carbonyl (C=O) groups excluding carboxylic acids is 1. The van der Waals surface area contributed by atoms with E-state index in [4.69, 9.17) is 4.74 Å². The Kier molecular flexibility index (Phi) is 5.69. The molecule has 1 heterocycles. The third-order valence-electron chi connectivity index (χ3n) is 3.12. The van der Waals surface area contributed by atoms with Crippen LogP contribution in [0.3, 0.4) is 0 Å². The van der Waals surface area contributed by atoms with Crippen LogP contribution in [0.4, 0.5) is 0 Å². The Morgan fingerprint density at radius 2 is 2.27 bits per heavy atom. The molecule has 0 amide bonds. The van der Waals surface area contributed by atoms with E-state index in [1.807, 2.05) is 0 Å². The van der Waals surface area contributed by atoms with Crippen LogP contribution in [0.15, 0.2) is 0 Å². The second-order valence-electron chi connectivity index (χ2n) is 4.37. The van der Waals surface area contributed by atoms with E-state index in [-0.39, 0.29) is 11.9 Å². The van der Waals surface area contributed by atoms with Gasteiger partial charge in [-0.2, -0.15) is 0 Å². The first-order valence-corrected chi connectivity index (χ1v) is 6.08. The van der Waals surface area contributed by atoms with Crippen molar-refractivity contribution in [1.29, 1.82) is 0 Å². The van der Waals surface area contributed by atoms with Crippen molar-refractivity contribution in [2.45, 2.75) is 39.0 Å². The largest absolute Gasteiger partial charge is 0.469 e. The number of ether oxygens (including phenoxy) is 1. The van der Waals surface area contributed by atoms with Crippen LogP contribution in [0.5, 0.6) is 0 Å². The Morgan fingerprint density at radius 1 is 1.47 bits per heavy atom. The maximum atomic E-state index is 11.4. The molecule has 0 spiro atoms. The third kappa shape index (κ3) is 4.20. The lowest BCUT2D eigenvalue weighted by Crippen LogP contribution is -2.39. The second kappa shape index (κ2) is 6.83. The van der Waals surface area contributed by atoms with Crippen molar-refractivity contribution in [3.05, 3.63) is 0 Å². The van der Waals surface area contributed by atoms with Gasteiger partial charge in [-0.25, -0.2) is 0 Å². The molecule has 0 unspecified atom stereocenters. The first kappa shape index (κ1) is 12.5. The summed E-state index contributed by atoms with van der Waals surface area (Å²) in [6.45, 7) is 5.41. The van der Waals surface area contributed by atoms with Gasteiger partial charge in [-0.3, -0.25) is 4.79 Å². The van der Waals surface area contributed by atoms with Gasteiger partial charge in [0.1, 0.15) is 0 Å². The first-order valence-electron chi connectivity index (χ1n) is 6.08. The zero-order chi connectivity index (χ0) is 11.1. The molecule has 1 aliphatic rings. The summed E-state index contributed by atoms with van der Waals surface area (Å²) in [7, 11) is 1.48. The Balaban J connectivity index is 2.26. The molecule has 0 N–H and O–H groups in total. The van der Waals surface area contributed by atoms with Crippen LogP contribution in [0.2, 0.25) is 0 Å². The highest BCUT2D eigenvalue weighted by atomic mass is 16.5. The minimum atomic E-state index is -0.0322. The van der Waals surface area contributed by atoms with E-state index in [0.717, 1.165) is 32.5 Å². The molecular weight excluding hydrogens is 190 g/mol. The fourth-order valence-electron chi connectivity index (χ4n) is 2.20. The number of hydrogen-bond donors (Lipinski definition) is 0.